The Balaban J connectivity index is 1.31. The van der Waals surface area contributed by atoms with Crippen LogP contribution in [0.15, 0.2) is 48.5 Å². The molecule has 1 N–H and O–H groups in total. The number of rotatable bonds is 6. The minimum Gasteiger partial charge on any atom is -0.481 e. The van der Waals surface area contributed by atoms with Gasteiger partial charge in [0, 0.05) is 37.8 Å². The van der Waals surface area contributed by atoms with Crippen LogP contribution in [0.25, 0.3) is 11.1 Å². The standard InChI is InChI=1S/C30H31BF3N2O4/c1-18-25(16-27(37)38)19(2)29(20(3)28(18)31(32,33)34)35-12-14-36(15-13-35)30(39)40-17-26-23-10-6-4-8-21(23)22-9-5-7-11-24(22)26/h4-11,26H,12-17H2,1-3H3,(H,37,38)/q-1. The molecule has 0 atom stereocenters. The molecule has 0 radical (unpaired) electrons. The highest BCUT2D eigenvalue weighted by Crippen LogP contribution is 2.44. The number of amides is 1. The number of anilines is 1. The monoisotopic (exact) mass is 551 g/mol. The van der Waals surface area contributed by atoms with Crippen LogP contribution in [0.2, 0.25) is 0 Å². The molecule has 1 heterocycles. The van der Waals surface area contributed by atoms with E-state index in [1.807, 2.05) is 41.3 Å². The number of carbonyl (C=O) groups excluding carboxylic acids is 1. The van der Waals surface area contributed by atoms with Crippen LogP contribution < -0.4 is 10.4 Å². The maximum absolute atomic E-state index is 14.1. The Hall–Kier alpha value is -3.95. The molecule has 1 saturated heterocycles. The molecule has 6 nitrogen and oxygen atoms in total. The Morgan fingerprint density at radius 2 is 1.43 bits per heavy atom. The molecule has 3 aromatic carbocycles. The summed E-state index contributed by atoms with van der Waals surface area (Å²) in [5, 5.41) is 9.37. The largest absolute Gasteiger partial charge is 0.510 e. The fraction of sp³-hybridized carbons (Fsp3) is 0.333. The van der Waals surface area contributed by atoms with Gasteiger partial charge in [0.2, 0.25) is 0 Å². The first-order valence-corrected chi connectivity index (χ1v) is 13.4. The van der Waals surface area contributed by atoms with Crippen molar-refractivity contribution in [1.82, 2.24) is 4.90 Å². The first-order chi connectivity index (χ1) is 19.0. The number of benzene rings is 3. The number of piperazine rings is 1. The zero-order valence-corrected chi connectivity index (χ0v) is 22.7. The van der Waals surface area contributed by atoms with Crippen molar-refractivity contribution in [2.24, 2.45) is 0 Å². The van der Waals surface area contributed by atoms with Gasteiger partial charge in [-0.15, -0.1) is 5.46 Å². The normalized spacial score (nSPS) is 15.2. The van der Waals surface area contributed by atoms with Gasteiger partial charge < -0.3 is 32.6 Å². The summed E-state index contributed by atoms with van der Waals surface area (Å²) in [6, 6.07) is 16.2. The van der Waals surface area contributed by atoms with E-state index in [0.29, 0.717) is 24.3 Å². The molecule has 0 saturated carbocycles. The fourth-order valence-corrected chi connectivity index (χ4v) is 6.46. The number of aliphatic carboxylic acids is 1. The molecule has 1 amide bonds. The van der Waals surface area contributed by atoms with Crippen LogP contribution in [0.1, 0.15) is 39.3 Å². The minimum absolute atomic E-state index is 0.0223. The zero-order chi connectivity index (χ0) is 28.8. The van der Waals surface area contributed by atoms with E-state index in [1.54, 1.807) is 11.8 Å². The molecule has 1 fully saturated rings. The Kier molecular flexibility index (Phi) is 7.29. The topological polar surface area (TPSA) is 70.1 Å². The number of carboxylic acid groups (broad SMARTS) is 1. The van der Waals surface area contributed by atoms with Gasteiger partial charge in [-0.2, -0.15) is 0 Å². The lowest BCUT2D eigenvalue weighted by Crippen LogP contribution is -2.50. The van der Waals surface area contributed by atoms with Crippen LogP contribution >= 0.6 is 0 Å². The Bertz CT molecular complexity index is 1440. The molecular weight excluding hydrogens is 520 g/mol. The average molecular weight is 551 g/mol. The molecular formula is C30H31BF3N2O4-. The summed E-state index contributed by atoms with van der Waals surface area (Å²) in [4.78, 5) is 27.9. The Morgan fingerprint density at radius 1 is 0.875 bits per heavy atom. The number of carboxylic acids is 1. The van der Waals surface area contributed by atoms with Crippen LogP contribution in [0.5, 0.6) is 0 Å². The summed E-state index contributed by atoms with van der Waals surface area (Å²) in [5.41, 5.74) is 5.00. The molecule has 3 aromatic rings. The second kappa shape index (κ2) is 10.6. The third-order valence-electron chi connectivity index (χ3n) is 8.27. The van der Waals surface area contributed by atoms with Crippen molar-refractivity contribution in [1.29, 1.82) is 0 Å². The van der Waals surface area contributed by atoms with E-state index in [9.17, 15) is 27.6 Å². The second-order valence-electron chi connectivity index (χ2n) is 10.5. The van der Waals surface area contributed by atoms with E-state index in [2.05, 4.69) is 12.1 Å². The maximum Gasteiger partial charge on any atom is 0.510 e. The lowest BCUT2D eigenvalue weighted by molar-refractivity contribution is -0.136. The van der Waals surface area contributed by atoms with Gasteiger partial charge >= 0.3 is 19.0 Å². The molecule has 1 aliphatic heterocycles. The van der Waals surface area contributed by atoms with E-state index in [4.69, 9.17) is 4.74 Å². The van der Waals surface area contributed by atoms with Crippen LogP contribution in [-0.2, 0) is 16.0 Å². The first kappa shape index (κ1) is 27.6. The molecule has 210 valence electrons. The highest BCUT2D eigenvalue weighted by molar-refractivity contribution is 6.74. The number of fused-ring (bicyclic) bond motifs is 3. The highest BCUT2D eigenvalue weighted by Gasteiger charge is 2.35. The summed E-state index contributed by atoms with van der Waals surface area (Å²) in [6.07, 6.45) is -0.936. The molecule has 0 unspecified atom stereocenters. The van der Waals surface area contributed by atoms with Crippen molar-refractivity contribution >= 4 is 30.2 Å². The summed E-state index contributed by atoms with van der Waals surface area (Å²) in [6.45, 7) is 0.510. The van der Waals surface area contributed by atoms with Crippen LogP contribution in [-0.4, -0.2) is 61.8 Å². The van der Waals surface area contributed by atoms with E-state index >= 15 is 0 Å². The van der Waals surface area contributed by atoms with E-state index < -0.39 is 30.9 Å². The molecule has 0 aromatic heterocycles. The molecule has 2 aliphatic rings. The van der Waals surface area contributed by atoms with Gasteiger partial charge in [-0.05, 0) is 54.2 Å². The molecule has 40 heavy (non-hydrogen) atoms. The Labute approximate surface area is 231 Å². The quantitative estimate of drug-likeness (QED) is 0.418. The fourth-order valence-electron chi connectivity index (χ4n) is 6.46. The number of hydrogen-bond acceptors (Lipinski definition) is 4. The molecule has 1 aliphatic carbocycles. The molecule has 5 rings (SSSR count). The summed E-state index contributed by atoms with van der Waals surface area (Å²) >= 11 is 0. The third-order valence-corrected chi connectivity index (χ3v) is 8.27. The van der Waals surface area contributed by atoms with Crippen molar-refractivity contribution in [3.05, 3.63) is 81.9 Å². The van der Waals surface area contributed by atoms with Gasteiger partial charge in [-0.3, -0.25) is 4.79 Å². The zero-order valence-electron chi connectivity index (χ0n) is 22.7. The number of halogens is 3. The van der Waals surface area contributed by atoms with Crippen LogP contribution in [0.4, 0.5) is 23.4 Å². The molecule has 0 bridgehead atoms. The van der Waals surface area contributed by atoms with Gasteiger partial charge in [-0.1, -0.05) is 59.7 Å². The average Bonchev–Trinajstić information content (AvgIpc) is 3.23. The highest BCUT2D eigenvalue weighted by atomic mass is 19.4. The summed E-state index contributed by atoms with van der Waals surface area (Å²) in [7, 11) is 0. The van der Waals surface area contributed by atoms with Crippen molar-refractivity contribution in [3.8, 4) is 11.1 Å². The van der Waals surface area contributed by atoms with Crippen molar-refractivity contribution in [2.45, 2.75) is 33.1 Å². The number of carbonyl (C=O) groups is 2. The maximum atomic E-state index is 14.1. The van der Waals surface area contributed by atoms with Gasteiger partial charge in [0.25, 0.3) is 0 Å². The van der Waals surface area contributed by atoms with Crippen LogP contribution in [0.3, 0.4) is 0 Å². The smallest absolute Gasteiger partial charge is 0.481 e. The van der Waals surface area contributed by atoms with Crippen LogP contribution in [0, 0.1) is 20.8 Å². The third kappa shape index (κ3) is 4.91. The second-order valence-corrected chi connectivity index (χ2v) is 10.5. The van der Waals surface area contributed by atoms with Gasteiger partial charge in [0.15, 0.2) is 0 Å². The predicted octanol–water partition coefficient (Wildman–Crippen LogP) is 5.36. The van der Waals surface area contributed by atoms with Crippen molar-refractivity contribution < 1.29 is 32.4 Å². The van der Waals surface area contributed by atoms with E-state index in [1.165, 1.54) is 13.8 Å². The van der Waals surface area contributed by atoms with Crippen molar-refractivity contribution in [3.63, 3.8) is 0 Å². The molecule has 10 heteroatoms. The lowest BCUT2D eigenvalue weighted by Gasteiger charge is -2.39. The first-order valence-electron chi connectivity index (χ1n) is 13.4. The lowest BCUT2D eigenvalue weighted by atomic mass is 9.71. The van der Waals surface area contributed by atoms with E-state index in [0.717, 1.165) is 22.3 Å². The predicted molar refractivity (Wildman–Crippen MR) is 150 cm³/mol. The van der Waals surface area contributed by atoms with Gasteiger partial charge in [0.1, 0.15) is 6.61 Å². The van der Waals surface area contributed by atoms with E-state index in [-0.39, 0.29) is 42.3 Å². The number of hydrogen-bond donors (Lipinski definition) is 1. The SMILES string of the molecule is Cc1c(CC(=O)O)c(C)c([B-](F)(F)F)c(C)c1N1CCN(C(=O)OCC2c3ccccc3-c3ccccc32)CC1. The molecule has 0 spiro atoms. The van der Waals surface area contributed by atoms with Gasteiger partial charge in [0.05, 0.1) is 6.42 Å². The Morgan fingerprint density at radius 3 is 1.95 bits per heavy atom. The number of nitrogens with zero attached hydrogens (tertiary/aromatic N) is 2. The minimum atomic E-state index is -5.34. The number of ether oxygens (including phenoxy) is 1. The summed E-state index contributed by atoms with van der Waals surface area (Å²) < 4.78 is 48.1. The summed E-state index contributed by atoms with van der Waals surface area (Å²) in [5.74, 6) is -1.24. The van der Waals surface area contributed by atoms with Gasteiger partial charge in [-0.25, -0.2) is 4.79 Å². The van der Waals surface area contributed by atoms with Crippen molar-refractivity contribution in [2.75, 3.05) is 37.7 Å².